The molecule has 1 aliphatic rings. The van der Waals surface area contributed by atoms with E-state index in [1.54, 1.807) is 0 Å². The molecular formula is C29H39ClN4O4. The second-order valence-corrected chi connectivity index (χ2v) is 9.40. The van der Waals surface area contributed by atoms with Crippen LogP contribution >= 0.6 is 11.6 Å². The summed E-state index contributed by atoms with van der Waals surface area (Å²) in [5.41, 5.74) is 1.48. The molecule has 3 amide bonds. The molecule has 38 heavy (non-hydrogen) atoms. The summed E-state index contributed by atoms with van der Waals surface area (Å²) in [6.45, 7) is 5.77. The van der Waals surface area contributed by atoms with Gasteiger partial charge in [-0.05, 0) is 50.5 Å². The topological polar surface area (TPSA) is 109 Å². The number of nitrogens with one attached hydrogen (secondary N) is 4. The van der Waals surface area contributed by atoms with Crippen molar-refractivity contribution in [3.8, 4) is 5.75 Å². The molecule has 2 aromatic rings. The number of hydrogen-bond acceptors (Lipinski definition) is 5. The summed E-state index contributed by atoms with van der Waals surface area (Å²) in [4.78, 5) is 34.7. The van der Waals surface area contributed by atoms with Crippen LogP contribution in [0.25, 0.3) is 6.08 Å². The Labute approximate surface area is 230 Å². The number of amides is 3. The monoisotopic (exact) mass is 542 g/mol. The molecule has 0 heterocycles. The molecular weight excluding hydrogens is 504 g/mol. The molecule has 1 fully saturated rings. The van der Waals surface area contributed by atoms with Gasteiger partial charge in [0.1, 0.15) is 12.4 Å². The lowest BCUT2D eigenvalue weighted by molar-refractivity contribution is -0.130. The lowest BCUT2D eigenvalue weighted by Crippen LogP contribution is -2.57. The molecule has 206 valence electrons. The zero-order valence-electron chi connectivity index (χ0n) is 22.2. The minimum atomic E-state index is -0.643. The fraction of sp³-hybridized carbons (Fsp3) is 0.414. The largest absolute Gasteiger partial charge is 0.492 e. The molecule has 0 bridgehead atoms. The van der Waals surface area contributed by atoms with Gasteiger partial charge in [-0.25, -0.2) is 0 Å². The Morgan fingerprint density at radius 1 is 1.08 bits per heavy atom. The highest BCUT2D eigenvalue weighted by atomic mass is 35.5. The molecule has 8 nitrogen and oxygen atoms in total. The van der Waals surface area contributed by atoms with Gasteiger partial charge >= 0.3 is 0 Å². The number of hydrogen-bond donors (Lipinski definition) is 4. The number of likely N-dealkylation sites (N-methyl/N-ethyl adjacent to an activating group) is 1. The van der Waals surface area contributed by atoms with Crippen molar-refractivity contribution in [2.75, 3.05) is 32.8 Å². The first-order valence-electron chi connectivity index (χ1n) is 13.0. The van der Waals surface area contributed by atoms with E-state index in [0.29, 0.717) is 32.7 Å². The van der Waals surface area contributed by atoms with Gasteiger partial charge < -0.3 is 20.7 Å². The molecule has 9 heteroatoms. The van der Waals surface area contributed by atoms with Crippen LogP contribution in [0.4, 0.5) is 0 Å². The van der Waals surface area contributed by atoms with Crippen molar-refractivity contribution in [1.29, 1.82) is 0 Å². The standard InChI is InChI=1S/C22H32N4O4.C7H7Cl/c1-2-24-20(28)16-25-21(29)22(11-5-6-12-22)26-14-15-30-19-10-4-3-8-18(19)9-7-13-23-17-27;1-6-3-2-4-7(8)5-6/h3-4,7-10,17,26H,2,5-6,11-16H2,1H3,(H,23,27)(H,24,28)(H,25,29);2-5H,1H3/b9-7+;. The molecule has 1 saturated carbocycles. The summed E-state index contributed by atoms with van der Waals surface area (Å²) in [6, 6.07) is 15.4. The summed E-state index contributed by atoms with van der Waals surface area (Å²) < 4.78 is 5.91. The first-order chi connectivity index (χ1) is 18.4. The molecule has 0 aromatic heterocycles. The maximum Gasteiger partial charge on any atom is 0.240 e. The van der Waals surface area contributed by atoms with E-state index >= 15 is 0 Å². The third-order valence-electron chi connectivity index (χ3n) is 6.01. The minimum Gasteiger partial charge on any atom is -0.492 e. The van der Waals surface area contributed by atoms with Crippen LogP contribution in [0.3, 0.4) is 0 Å². The van der Waals surface area contributed by atoms with Crippen molar-refractivity contribution < 1.29 is 19.1 Å². The molecule has 0 radical (unpaired) electrons. The predicted octanol–water partition coefficient (Wildman–Crippen LogP) is 3.63. The van der Waals surface area contributed by atoms with E-state index < -0.39 is 5.54 Å². The molecule has 2 aromatic carbocycles. The van der Waals surface area contributed by atoms with Gasteiger partial charge in [0.25, 0.3) is 0 Å². The van der Waals surface area contributed by atoms with Crippen LogP contribution in [-0.4, -0.2) is 56.5 Å². The average molecular weight is 543 g/mol. The fourth-order valence-corrected chi connectivity index (χ4v) is 4.41. The lowest BCUT2D eigenvalue weighted by atomic mass is 9.96. The average Bonchev–Trinajstić information content (AvgIpc) is 3.39. The van der Waals surface area contributed by atoms with Crippen LogP contribution in [0.15, 0.2) is 54.6 Å². The Kier molecular flexibility index (Phi) is 14.0. The van der Waals surface area contributed by atoms with E-state index in [1.165, 1.54) is 5.56 Å². The van der Waals surface area contributed by atoms with Crippen LogP contribution in [0, 0.1) is 6.92 Å². The minimum absolute atomic E-state index is 0.00866. The quantitative estimate of drug-likeness (QED) is 0.228. The van der Waals surface area contributed by atoms with Crippen molar-refractivity contribution in [2.24, 2.45) is 0 Å². The molecule has 1 aliphatic carbocycles. The third-order valence-corrected chi connectivity index (χ3v) is 6.25. The lowest BCUT2D eigenvalue weighted by Gasteiger charge is -2.29. The predicted molar refractivity (Wildman–Crippen MR) is 152 cm³/mol. The first-order valence-corrected chi connectivity index (χ1v) is 13.4. The number of halogens is 1. The maximum absolute atomic E-state index is 12.7. The number of benzene rings is 2. The molecule has 0 spiro atoms. The summed E-state index contributed by atoms with van der Waals surface area (Å²) >= 11 is 5.64. The van der Waals surface area contributed by atoms with E-state index in [1.807, 2.05) is 74.5 Å². The molecule has 4 N–H and O–H groups in total. The summed E-state index contributed by atoms with van der Waals surface area (Å²) in [5, 5.41) is 12.2. The highest BCUT2D eigenvalue weighted by Crippen LogP contribution is 2.30. The van der Waals surface area contributed by atoms with Gasteiger partial charge in [-0.15, -0.1) is 0 Å². The van der Waals surface area contributed by atoms with Gasteiger partial charge in [-0.3, -0.25) is 19.7 Å². The molecule has 0 saturated heterocycles. The highest BCUT2D eigenvalue weighted by molar-refractivity contribution is 6.30. The van der Waals surface area contributed by atoms with Crippen LogP contribution in [0.5, 0.6) is 5.75 Å². The number of aryl methyl sites for hydroxylation is 1. The Balaban J connectivity index is 0.000000538. The molecule has 3 rings (SSSR count). The summed E-state index contributed by atoms with van der Waals surface area (Å²) in [5.74, 6) is 0.426. The van der Waals surface area contributed by atoms with E-state index in [4.69, 9.17) is 16.3 Å². The van der Waals surface area contributed by atoms with Gasteiger partial charge in [0.05, 0.1) is 12.1 Å². The maximum atomic E-state index is 12.7. The zero-order valence-corrected chi connectivity index (χ0v) is 23.0. The number of carbonyl (C=O) groups is 3. The van der Waals surface area contributed by atoms with Crippen LogP contribution < -0.4 is 26.0 Å². The van der Waals surface area contributed by atoms with Crippen LogP contribution in [0.2, 0.25) is 5.02 Å². The zero-order chi connectivity index (χ0) is 27.6. The highest BCUT2D eigenvalue weighted by Gasteiger charge is 2.40. The Morgan fingerprint density at radius 3 is 2.50 bits per heavy atom. The Bertz CT molecular complexity index is 1040. The fourth-order valence-electron chi connectivity index (χ4n) is 4.16. The van der Waals surface area contributed by atoms with Crippen molar-refractivity contribution in [3.63, 3.8) is 0 Å². The number of rotatable bonds is 13. The van der Waals surface area contributed by atoms with E-state index in [9.17, 15) is 14.4 Å². The summed E-state index contributed by atoms with van der Waals surface area (Å²) in [7, 11) is 0. The van der Waals surface area contributed by atoms with Gasteiger partial charge in [-0.1, -0.05) is 66.9 Å². The first kappa shape index (κ1) is 30.9. The number of ether oxygens (including phenoxy) is 1. The Morgan fingerprint density at radius 2 is 1.84 bits per heavy atom. The third kappa shape index (κ3) is 10.9. The van der Waals surface area contributed by atoms with Crippen LogP contribution in [-0.2, 0) is 14.4 Å². The Hall–Kier alpha value is -3.36. The van der Waals surface area contributed by atoms with E-state index in [0.717, 1.165) is 42.0 Å². The molecule has 0 unspecified atom stereocenters. The number of para-hydroxylation sites is 1. The van der Waals surface area contributed by atoms with E-state index in [-0.39, 0.29) is 18.4 Å². The van der Waals surface area contributed by atoms with Crippen molar-refractivity contribution in [3.05, 3.63) is 70.8 Å². The normalized spacial score (nSPS) is 13.8. The molecule has 0 atom stereocenters. The SMILES string of the molecule is CCNC(=O)CNC(=O)C1(NCCOc2ccccc2/C=C/CNC=O)CCCC1.Cc1cccc(Cl)c1. The molecule has 0 aliphatic heterocycles. The van der Waals surface area contributed by atoms with Gasteiger partial charge in [-0.2, -0.15) is 0 Å². The second kappa shape index (κ2) is 17.2. The van der Waals surface area contributed by atoms with Gasteiger partial charge in [0.15, 0.2) is 0 Å². The van der Waals surface area contributed by atoms with Crippen LogP contribution in [0.1, 0.15) is 43.7 Å². The summed E-state index contributed by atoms with van der Waals surface area (Å²) in [6.07, 6.45) is 7.85. The van der Waals surface area contributed by atoms with Crippen molar-refractivity contribution in [2.45, 2.75) is 45.1 Å². The van der Waals surface area contributed by atoms with Gasteiger partial charge in [0, 0.05) is 30.2 Å². The second-order valence-electron chi connectivity index (χ2n) is 8.97. The van der Waals surface area contributed by atoms with Crippen molar-refractivity contribution >= 4 is 35.9 Å². The number of carbonyl (C=O) groups excluding carboxylic acids is 3. The van der Waals surface area contributed by atoms with Gasteiger partial charge in [0.2, 0.25) is 18.2 Å². The van der Waals surface area contributed by atoms with E-state index in [2.05, 4.69) is 21.3 Å². The smallest absolute Gasteiger partial charge is 0.240 e. The van der Waals surface area contributed by atoms with Crippen molar-refractivity contribution in [1.82, 2.24) is 21.3 Å².